The highest BCUT2D eigenvalue weighted by atomic mass is 35.5. The van der Waals surface area contributed by atoms with Crippen LogP contribution in [0.25, 0.3) is 0 Å². The molecule has 0 saturated carbocycles. The Morgan fingerprint density at radius 2 is 2.05 bits per heavy atom. The van der Waals surface area contributed by atoms with Crippen molar-refractivity contribution in [3.05, 3.63) is 51.9 Å². The molecule has 0 aliphatic heterocycles. The molecule has 0 aliphatic carbocycles. The second-order valence-corrected chi connectivity index (χ2v) is 7.87. The molecule has 0 fully saturated rings. The van der Waals surface area contributed by atoms with Crippen LogP contribution in [0.1, 0.15) is 11.1 Å². The van der Waals surface area contributed by atoms with Crippen LogP contribution in [-0.4, -0.2) is 24.9 Å². The Balaban J connectivity index is 2.23. The Bertz CT molecular complexity index is 697. The summed E-state index contributed by atoms with van der Waals surface area (Å²) in [6.07, 6.45) is 0. The number of sulfonamides is 1. The molecule has 0 aliphatic rings. The van der Waals surface area contributed by atoms with Crippen molar-refractivity contribution in [2.75, 3.05) is 7.05 Å². The van der Waals surface area contributed by atoms with Crippen LogP contribution in [0.4, 0.5) is 0 Å². The lowest BCUT2D eigenvalue weighted by Gasteiger charge is -2.16. The SMILES string of the molecule is CN(Cc1ccccc1Cl)S(=O)(=O)c1cc(CO)cs1. The Morgan fingerprint density at radius 1 is 1.35 bits per heavy atom. The van der Waals surface area contributed by atoms with E-state index >= 15 is 0 Å². The molecule has 1 heterocycles. The highest BCUT2D eigenvalue weighted by molar-refractivity contribution is 7.91. The second-order valence-electron chi connectivity index (χ2n) is 4.28. The molecule has 0 unspecified atom stereocenters. The normalized spacial score (nSPS) is 12.0. The fraction of sp³-hybridized carbons (Fsp3) is 0.231. The van der Waals surface area contributed by atoms with Gasteiger partial charge in [-0.15, -0.1) is 11.3 Å². The topological polar surface area (TPSA) is 57.6 Å². The molecule has 0 amide bonds. The van der Waals surface area contributed by atoms with E-state index in [4.69, 9.17) is 16.7 Å². The van der Waals surface area contributed by atoms with Crippen molar-refractivity contribution in [1.29, 1.82) is 0 Å². The first-order valence-corrected chi connectivity index (χ1v) is 8.53. The summed E-state index contributed by atoms with van der Waals surface area (Å²) in [6.45, 7) is 0.0363. The van der Waals surface area contributed by atoms with Gasteiger partial charge in [-0.25, -0.2) is 8.42 Å². The van der Waals surface area contributed by atoms with E-state index in [9.17, 15) is 8.42 Å². The van der Waals surface area contributed by atoms with E-state index in [1.807, 2.05) is 6.07 Å². The maximum Gasteiger partial charge on any atom is 0.252 e. The zero-order valence-corrected chi connectivity index (χ0v) is 13.2. The van der Waals surface area contributed by atoms with Gasteiger partial charge in [0.25, 0.3) is 10.0 Å². The molecular weight excluding hydrogens is 318 g/mol. The molecule has 0 saturated heterocycles. The van der Waals surface area contributed by atoms with Crippen molar-refractivity contribution in [3.63, 3.8) is 0 Å². The van der Waals surface area contributed by atoms with Gasteiger partial charge in [-0.2, -0.15) is 4.31 Å². The minimum atomic E-state index is -3.56. The minimum Gasteiger partial charge on any atom is -0.392 e. The summed E-state index contributed by atoms with van der Waals surface area (Å²) in [7, 11) is -2.05. The average molecular weight is 332 g/mol. The van der Waals surface area contributed by atoms with Gasteiger partial charge in [-0.1, -0.05) is 29.8 Å². The van der Waals surface area contributed by atoms with Crippen molar-refractivity contribution in [1.82, 2.24) is 4.31 Å². The number of aliphatic hydroxyl groups excluding tert-OH is 1. The van der Waals surface area contributed by atoms with Gasteiger partial charge in [0.05, 0.1) is 6.61 Å². The molecule has 0 radical (unpaired) electrons. The van der Waals surface area contributed by atoms with Crippen LogP contribution in [0, 0.1) is 0 Å². The summed E-state index contributed by atoms with van der Waals surface area (Å²) in [5, 5.41) is 11.2. The van der Waals surface area contributed by atoms with Gasteiger partial charge in [0.1, 0.15) is 4.21 Å². The van der Waals surface area contributed by atoms with Gasteiger partial charge in [0.15, 0.2) is 0 Å². The van der Waals surface area contributed by atoms with Crippen LogP contribution >= 0.6 is 22.9 Å². The standard InChI is InChI=1S/C13H14ClNO3S2/c1-15(7-11-4-2-3-5-12(11)14)20(17,18)13-6-10(8-16)9-19-13/h2-6,9,16H,7-8H2,1H3. The van der Waals surface area contributed by atoms with E-state index in [-0.39, 0.29) is 17.4 Å². The third kappa shape index (κ3) is 3.21. The second kappa shape index (κ2) is 6.24. The summed E-state index contributed by atoms with van der Waals surface area (Å²) in [5.41, 5.74) is 1.35. The minimum absolute atomic E-state index is 0.166. The molecule has 1 aromatic heterocycles. The molecule has 108 valence electrons. The van der Waals surface area contributed by atoms with Crippen LogP contribution < -0.4 is 0 Å². The molecule has 0 spiro atoms. The summed E-state index contributed by atoms with van der Waals surface area (Å²) in [6, 6.07) is 8.63. The molecule has 0 atom stereocenters. The highest BCUT2D eigenvalue weighted by Crippen LogP contribution is 2.25. The average Bonchev–Trinajstić information content (AvgIpc) is 2.90. The number of halogens is 1. The first-order chi connectivity index (χ1) is 9.45. The Kier molecular flexibility index (Phi) is 4.82. The van der Waals surface area contributed by atoms with Gasteiger partial charge in [0, 0.05) is 18.6 Å². The molecule has 20 heavy (non-hydrogen) atoms. The molecule has 2 rings (SSSR count). The maximum absolute atomic E-state index is 12.4. The molecule has 2 aromatic rings. The number of hydrogen-bond acceptors (Lipinski definition) is 4. The Hall–Kier alpha value is -0.920. The van der Waals surface area contributed by atoms with Gasteiger partial charge >= 0.3 is 0 Å². The maximum atomic E-state index is 12.4. The molecule has 0 bridgehead atoms. The zero-order chi connectivity index (χ0) is 14.8. The lowest BCUT2D eigenvalue weighted by atomic mass is 10.2. The lowest BCUT2D eigenvalue weighted by Crippen LogP contribution is -2.25. The number of benzene rings is 1. The van der Waals surface area contributed by atoms with Gasteiger partial charge in [-0.3, -0.25) is 0 Å². The molecule has 1 N–H and O–H groups in total. The van der Waals surface area contributed by atoms with E-state index in [1.165, 1.54) is 17.4 Å². The van der Waals surface area contributed by atoms with Crippen molar-refractivity contribution in [3.8, 4) is 0 Å². The van der Waals surface area contributed by atoms with E-state index in [1.54, 1.807) is 23.6 Å². The van der Waals surface area contributed by atoms with Crippen molar-refractivity contribution >= 4 is 33.0 Å². The van der Waals surface area contributed by atoms with Crippen LogP contribution in [0.5, 0.6) is 0 Å². The number of hydrogen-bond donors (Lipinski definition) is 1. The summed E-state index contributed by atoms with van der Waals surface area (Å²) in [5.74, 6) is 0. The Labute approximate surface area is 127 Å². The van der Waals surface area contributed by atoms with Gasteiger partial charge in [-0.05, 0) is 28.6 Å². The van der Waals surface area contributed by atoms with Crippen molar-refractivity contribution in [2.45, 2.75) is 17.4 Å². The molecular formula is C13H14ClNO3S2. The lowest BCUT2D eigenvalue weighted by molar-refractivity contribution is 0.282. The third-order valence-electron chi connectivity index (χ3n) is 2.83. The van der Waals surface area contributed by atoms with E-state index < -0.39 is 10.0 Å². The summed E-state index contributed by atoms with van der Waals surface area (Å²) >= 11 is 7.14. The van der Waals surface area contributed by atoms with Gasteiger partial charge < -0.3 is 5.11 Å². The van der Waals surface area contributed by atoms with E-state index in [0.717, 1.165) is 16.9 Å². The van der Waals surface area contributed by atoms with Crippen LogP contribution in [0.2, 0.25) is 5.02 Å². The van der Waals surface area contributed by atoms with Crippen molar-refractivity contribution in [2.24, 2.45) is 0 Å². The number of thiophene rings is 1. The highest BCUT2D eigenvalue weighted by Gasteiger charge is 2.23. The van der Waals surface area contributed by atoms with Crippen molar-refractivity contribution < 1.29 is 13.5 Å². The first kappa shape index (κ1) is 15.5. The Morgan fingerprint density at radius 3 is 2.65 bits per heavy atom. The largest absolute Gasteiger partial charge is 0.392 e. The monoisotopic (exact) mass is 331 g/mol. The smallest absolute Gasteiger partial charge is 0.252 e. The molecule has 4 nitrogen and oxygen atoms in total. The van der Waals surface area contributed by atoms with Crippen LogP contribution in [-0.2, 0) is 23.2 Å². The summed E-state index contributed by atoms with van der Waals surface area (Å²) < 4.78 is 26.2. The molecule has 1 aromatic carbocycles. The number of nitrogens with zero attached hydrogens (tertiary/aromatic N) is 1. The fourth-order valence-corrected chi connectivity index (χ4v) is 4.43. The first-order valence-electron chi connectivity index (χ1n) is 5.83. The van der Waals surface area contributed by atoms with E-state index in [2.05, 4.69) is 0 Å². The predicted octanol–water partition coefficient (Wildman–Crippen LogP) is 2.71. The predicted molar refractivity (Wildman–Crippen MR) is 80.3 cm³/mol. The van der Waals surface area contributed by atoms with Crippen LogP contribution in [0.3, 0.4) is 0 Å². The van der Waals surface area contributed by atoms with Gasteiger partial charge in [0.2, 0.25) is 0 Å². The number of aliphatic hydroxyl groups is 1. The molecule has 7 heteroatoms. The quantitative estimate of drug-likeness (QED) is 0.916. The summed E-state index contributed by atoms with van der Waals surface area (Å²) in [4.78, 5) is 0. The van der Waals surface area contributed by atoms with E-state index in [0.29, 0.717) is 10.6 Å². The van der Waals surface area contributed by atoms with Crippen LogP contribution in [0.15, 0.2) is 39.9 Å². The number of rotatable bonds is 5. The zero-order valence-electron chi connectivity index (χ0n) is 10.8. The fourth-order valence-electron chi connectivity index (χ4n) is 1.68. The third-order valence-corrected chi connectivity index (χ3v) is 6.46.